The van der Waals surface area contributed by atoms with Crippen molar-refractivity contribution >= 4 is 33.6 Å². The van der Waals surface area contributed by atoms with Crippen LogP contribution in [-0.4, -0.2) is 12.5 Å². The first-order valence-corrected chi connectivity index (χ1v) is 7.09. The second kappa shape index (κ2) is 9.44. The van der Waals surface area contributed by atoms with E-state index in [1.807, 2.05) is 42.5 Å². The van der Waals surface area contributed by atoms with Gasteiger partial charge in [-0.2, -0.15) is 9.90 Å². The second-order valence-electron chi connectivity index (χ2n) is 5.07. The van der Waals surface area contributed by atoms with Gasteiger partial charge in [-0.1, -0.05) is 54.6 Å². The smallest absolute Gasteiger partial charge is 0.225 e. The number of carbonyl (C=O) groups excluding carboxylic acids is 1. The average molecular weight is 400 g/mol. The number of para-hydroxylation sites is 1. The zero-order valence-electron chi connectivity index (χ0n) is 13.0. The number of nitrogens with one attached hydrogen (secondary N) is 1. The summed E-state index contributed by atoms with van der Waals surface area (Å²) in [7, 11) is 0. The number of hydrogen-bond donors (Lipinski definition) is 0. The molecule has 1 heterocycles. The van der Waals surface area contributed by atoms with Gasteiger partial charge in [0.1, 0.15) is 0 Å². The maximum Gasteiger partial charge on any atom is 0.225 e. The summed E-state index contributed by atoms with van der Waals surface area (Å²) in [6.45, 7) is 0.672. The van der Waals surface area contributed by atoms with Gasteiger partial charge in [0.25, 0.3) is 0 Å². The fourth-order valence-corrected chi connectivity index (χ4v) is 2.61. The van der Waals surface area contributed by atoms with Crippen molar-refractivity contribution < 1.29 is 37.5 Å². The van der Waals surface area contributed by atoms with Gasteiger partial charge < -0.3 is 10.6 Å². The number of amides is 1. The number of carbonyl (C=O) groups is 1. The maximum absolute atomic E-state index is 12.4. The van der Waals surface area contributed by atoms with Crippen molar-refractivity contribution in [3.8, 4) is 0 Å². The summed E-state index contributed by atoms with van der Waals surface area (Å²) in [6.07, 6.45) is 4.40. The Hall–Kier alpha value is -0.856. The molecule has 1 aliphatic heterocycles. The fraction of sp³-hybridized carbons (Fsp3) is 0.167. The van der Waals surface area contributed by atoms with Crippen LogP contribution in [0.15, 0.2) is 48.5 Å². The summed E-state index contributed by atoms with van der Waals surface area (Å²) in [5, 5.41) is 0. The molecule has 1 atom stereocenters. The topological polar surface area (TPSA) is 44.1 Å². The Morgan fingerprint density at radius 3 is 2.35 bits per heavy atom. The van der Waals surface area contributed by atoms with Gasteiger partial charge in [-0.25, -0.2) is 0 Å². The molecule has 0 bridgehead atoms. The average Bonchev–Trinajstić information content (AvgIpc) is 2.50. The SMILES string of the molecule is P.[NH-]CCC(=O)N1Cc2ccccc2/C=C\c2ccccc21.[Y]. The third kappa shape index (κ3) is 4.58. The van der Waals surface area contributed by atoms with Crippen molar-refractivity contribution in [2.75, 3.05) is 11.4 Å². The van der Waals surface area contributed by atoms with Crippen LogP contribution in [0.4, 0.5) is 5.69 Å². The second-order valence-corrected chi connectivity index (χ2v) is 5.07. The number of hydrogen-bond acceptors (Lipinski definition) is 1. The van der Waals surface area contributed by atoms with Crippen molar-refractivity contribution in [3.05, 3.63) is 71.0 Å². The molecule has 0 saturated carbocycles. The van der Waals surface area contributed by atoms with Gasteiger partial charge in [0, 0.05) is 39.1 Å². The summed E-state index contributed by atoms with van der Waals surface area (Å²) >= 11 is 0. The predicted molar refractivity (Wildman–Crippen MR) is 97.9 cm³/mol. The predicted octanol–water partition coefficient (Wildman–Crippen LogP) is 4.20. The van der Waals surface area contributed by atoms with E-state index in [1.165, 1.54) is 0 Å². The maximum atomic E-state index is 12.4. The number of fused-ring (bicyclic) bond motifs is 2. The van der Waals surface area contributed by atoms with Crippen LogP contribution in [-0.2, 0) is 44.0 Å². The third-order valence-electron chi connectivity index (χ3n) is 3.69. The molecule has 1 radical (unpaired) electrons. The Balaban J connectivity index is 0.00000132. The standard InChI is InChI=1S/C18H17N2O.H3P.Y/c19-12-11-18(21)20-13-16-7-2-1-5-14(16)9-10-15-6-3-4-8-17(15)20;;/h1-10,19H,11-13H2;1H3;/q-1;;/b10-9-;;. The number of rotatable bonds is 2. The van der Waals surface area contributed by atoms with Crippen LogP contribution >= 0.6 is 9.90 Å². The minimum atomic E-state index is 0. The first kappa shape index (κ1) is 20.2. The summed E-state index contributed by atoms with van der Waals surface area (Å²) in [5.74, 6) is 0.00236. The van der Waals surface area contributed by atoms with Crippen molar-refractivity contribution in [2.45, 2.75) is 13.0 Å². The molecule has 0 aliphatic carbocycles. The van der Waals surface area contributed by atoms with Crippen LogP contribution in [0.5, 0.6) is 0 Å². The van der Waals surface area contributed by atoms with Crippen LogP contribution in [0.2, 0.25) is 0 Å². The molecule has 2 aromatic rings. The van der Waals surface area contributed by atoms with E-state index < -0.39 is 0 Å². The summed E-state index contributed by atoms with van der Waals surface area (Å²) in [6, 6.07) is 16.0. The molecule has 1 amide bonds. The molecule has 0 aromatic heterocycles. The Labute approximate surface area is 165 Å². The molecule has 1 aliphatic rings. The monoisotopic (exact) mass is 400 g/mol. The van der Waals surface area contributed by atoms with Crippen LogP contribution in [0, 0.1) is 0 Å². The Bertz CT molecular complexity index is 703. The van der Waals surface area contributed by atoms with Crippen LogP contribution in [0.25, 0.3) is 17.9 Å². The fourth-order valence-electron chi connectivity index (χ4n) is 2.61. The molecule has 3 rings (SSSR count). The van der Waals surface area contributed by atoms with Gasteiger partial charge in [0.05, 0.1) is 12.2 Å². The van der Waals surface area contributed by atoms with Gasteiger partial charge >= 0.3 is 0 Å². The summed E-state index contributed by atoms with van der Waals surface area (Å²) in [5.41, 5.74) is 11.5. The van der Waals surface area contributed by atoms with Crippen molar-refractivity contribution in [1.82, 2.24) is 0 Å². The zero-order valence-corrected chi connectivity index (χ0v) is 17.3. The van der Waals surface area contributed by atoms with E-state index in [2.05, 4.69) is 18.2 Å². The first-order chi connectivity index (χ1) is 10.3. The minimum Gasteiger partial charge on any atom is -0.677 e. The molecule has 0 spiro atoms. The van der Waals surface area contributed by atoms with E-state index in [4.69, 9.17) is 5.73 Å². The minimum absolute atomic E-state index is 0. The van der Waals surface area contributed by atoms with Gasteiger partial charge in [0.2, 0.25) is 5.91 Å². The van der Waals surface area contributed by atoms with E-state index in [1.54, 1.807) is 4.90 Å². The Morgan fingerprint density at radius 1 is 1.00 bits per heavy atom. The van der Waals surface area contributed by atoms with Gasteiger partial charge in [0.15, 0.2) is 0 Å². The van der Waals surface area contributed by atoms with Crippen molar-refractivity contribution in [2.24, 2.45) is 0 Å². The zero-order chi connectivity index (χ0) is 14.7. The molecule has 3 nitrogen and oxygen atoms in total. The molecule has 0 fully saturated rings. The van der Waals surface area contributed by atoms with Gasteiger partial charge in [-0.3, -0.25) is 4.79 Å². The van der Waals surface area contributed by atoms with Gasteiger partial charge in [-0.15, -0.1) is 6.54 Å². The van der Waals surface area contributed by atoms with Crippen molar-refractivity contribution in [3.63, 3.8) is 0 Å². The van der Waals surface area contributed by atoms with Crippen LogP contribution < -0.4 is 4.90 Å². The number of anilines is 1. The van der Waals surface area contributed by atoms with E-state index in [0.717, 1.165) is 22.4 Å². The molecule has 1 unspecified atom stereocenters. The Morgan fingerprint density at radius 2 is 1.61 bits per heavy atom. The number of benzene rings is 2. The largest absolute Gasteiger partial charge is 0.677 e. The molecule has 2 aromatic carbocycles. The molecule has 1 N–H and O–H groups in total. The van der Waals surface area contributed by atoms with E-state index in [-0.39, 0.29) is 61.5 Å². The summed E-state index contributed by atoms with van der Waals surface area (Å²) in [4.78, 5) is 14.2. The molecule has 5 heteroatoms. The van der Waals surface area contributed by atoms with Crippen LogP contribution in [0.1, 0.15) is 23.1 Å². The molecular weight excluding hydrogens is 380 g/mol. The van der Waals surface area contributed by atoms with E-state index >= 15 is 0 Å². The van der Waals surface area contributed by atoms with E-state index in [9.17, 15) is 4.79 Å². The normalized spacial score (nSPS) is 13.3. The molecule has 117 valence electrons. The number of nitrogens with zero attached hydrogens (tertiary/aromatic N) is 1. The Kier molecular flexibility index (Phi) is 8.29. The first-order valence-electron chi connectivity index (χ1n) is 7.09. The van der Waals surface area contributed by atoms with Gasteiger partial charge in [-0.05, 0) is 22.8 Å². The summed E-state index contributed by atoms with van der Waals surface area (Å²) < 4.78 is 0. The molecule has 0 saturated heterocycles. The van der Waals surface area contributed by atoms with Crippen molar-refractivity contribution in [1.29, 1.82) is 0 Å². The van der Waals surface area contributed by atoms with E-state index in [0.29, 0.717) is 6.54 Å². The van der Waals surface area contributed by atoms with Crippen LogP contribution in [0.3, 0.4) is 0 Å². The molecule has 23 heavy (non-hydrogen) atoms. The quantitative estimate of drug-likeness (QED) is 0.697. The molecular formula is C18H20N2OPY-. The third-order valence-corrected chi connectivity index (χ3v) is 3.69.